The molecule has 10 heteroatoms. The van der Waals surface area contributed by atoms with Gasteiger partial charge in [-0.25, -0.2) is 9.65 Å². The molecule has 28 heavy (non-hydrogen) atoms. The van der Waals surface area contributed by atoms with E-state index in [1.807, 2.05) is 0 Å². The maximum Gasteiger partial charge on any atom is 0.379 e. The molecule has 0 amide bonds. The summed E-state index contributed by atoms with van der Waals surface area (Å²) in [5.41, 5.74) is 0. The highest BCUT2D eigenvalue weighted by Crippen LogP contribution is 2.61. The van der Waals surface area contributed by atoms with E-state index in [0.29, 0.717) is 10.6 Å². The van der Waals surface area contributed by atoms with E-state index in [2.05, 4.69) is 5.09 Å². The molecular weight excluding hydrogens is 464 g/mol. The molecule has 2 atom stereocenters. The van der Waals surface area contributed by atoms with Gasteiger partial charge >= 0.3 is 12.7 Å². The van der Waals surface area contributed by atoms with Crippen molar-refractivity contribution in [2.75, 3.05) is 0 Å². The second-order valence-corrected chi connectivity index (χ2v) is 11.3. The van der Waals surface area contributed by atoms with Gasteiger partial charge in [-0.1, -0.05) is 53.0 Å². The van der Waals surface area contributed by atoms with Crippen molar-refractivity contribution in [3.8, 4) is 5.75 Å². The fourth-order valence-electron chi connectivity index (χ4n) is 2.02. The molecule has 2 aromatic rings. The van der Waals surface area contributed by atoms with Crippen LogP contribution in [-0.4, -0.2) is 18.1 Å². The SMILES string of the molecule is CC(C)OC(=O)C(C)N[P@](=O)(Oc1ccccc1)Sc1cc(Cl)c(Cl)cc1Cl. The average Bonchev–Trinajstić information content (AvgIpc) is 2.59. The number of esters is 1. The van der Waals surface area contributed by atoms with Crippen LogP contribution in [0.3, 0.4) is 0 Å². The fourth-order valence-corrected chi connectivity index (χ4v) is 6.84. The summed E-state index contributed by atoms with van der Waals surface area (Å²) >= 11 is 19.1. The minimum absolute atomic E-state index is 0.257. The summed E-state index contributed by atoms with van der Waals surface area (Å²) in [6.07, 6.45) is -0.302. The Hall–Kier alpha value is -0.880. The van der Waals surface area contributed by atoms with Gasteiger partial charge in [0.15, 0.2) is 0 Å². The van der Waals surface area contributed by atoms with Crippen molar-refractivity contribution in [1.82, 2.24) is 5.09 Å². The summed E-state index contributed by atoms with van der Waals surface area (Å²) in [5.74, 6) is -0.181. The zero-order chi connectivity index (χ0) is 20.9. The second kappa shape index (κ2) is 10.2. The Balaban J connectivity index is 2.32. The van der Waals surface area contributed by atoms with Crippen molar-refractivity contribution >= 4 is 58.9 Å². The van der Waals surface area contributed by atoms with Crippen LogP contribution in [0.1, 0.15) is 20.8 Å². The highest BCUT2D eigenvalue weighted by atomic mass is 35.5. The second-order valence-electron chi connectivity index (χ2n) is 6.03. The molecule has 2 rings (SSSR count). The molecule has 0 aliphatic carbocycles. The number of hydrogen-bond donors (Lipinski definition) is 1. The van der Waals surface area contributed by atoms with E-state index < -0.39 is 18.7 Å². The Morgan fingerprint density at radius 1 is 1.04 bits per heavy atom. The largest absolute Gasteiger partial charge is 0.462 e. The maximum atomic E-state index is 13.6. The molecule has 0 fully saturated rings. The van der Waals surface area contributed by atoms with Crippen molar-refractivity contribution in [3.63, 3.8) is 0 Å². The van der Waals surface area contributed by atoms with Gasteiger partial charge in [0.2, 0.25) is 0 Å². The third kappa shape index (κ3) is 6.87. The first kappa shape index (κ1) is 23.4. The zero-order valence-corrected chi connectivity index (χ0v) is 19.3. The van der Waals surface area contributed by atoms with E-state index in [4.69, 9.17) is 44.1 Å². The molecule has 0 aliphatic heterocycles. The van der Waals surface area contributed by atoms with E-state index in [0.717, 1.165) is 11.4 Å². The maximum absolute atomic E-state index is 13.6. The number of nitrogens with one attached hydrogen (secondary N) is 1. The Bertz CT molecular complexity index is 883. The van der Waals surface area contributed by atoms with E-state index in [1.54, 1.807) is 51.1 Å². The molecule has 1 N–H and O–H groups in total. The molecular formula is C18H19Cl3NO4PS. The normalized spacial score (nSPS) is 14.4. The molecule has 0 saturated heterocycles. The smallest absolute Gasteiger partial charge is 0.379 e. The Labute approximate surface area is 183 Å². The third-order valence-electron chi connectivity index (χ3n) is 3.22. The number of carbonyl (C=O) groups is 1. The lowest BCUT2D eigenvalue weighted by molar-refractivity contribution is -0.148. The summed E-state index contributed by atoms with van der Waals surface area (Å²) in [5, 5.41) is 3.53. The number of para-hydroxylation sites is 1. The summed E-state index contributed by atoms with van der Waals surface area (Å²) in [6.45, 7) is 1.31. The molecule has 0 bridgehead atoms. The monoisotopic (exact) mass is 481 g/mol. The number of hydrogen-bond acceptors (Lipinski definition) is 5. The number of ether oxygens (including phenoxy) is 1. The standard InChI is InChI=1S/C18H19Cl3NO4PS/c1-11(2)25-18(23)12(3)22-27(24,26-13-7-5-4-6-8-13)28-17-10-15(20)14(19)9-16(17)21/h4-12H,1-3H3,(H,22,24)/t12?,27-/m0/s1. The molecule has 0 spiro atoms. The molecule has 2 aromatic carbocycles. The van der Waals surface area contributed by atoms with Gasteiger partial charge in [-0.2, -0.15) is 0 Å². The average molecular weight is 483 g/mol. The van der Waals surface area contributed by atoms with Crippen molar-refractivity contribution in [3.05, 3.63) is 57.5 Å². The molecule has 0 aromatic heterocycles. The van der Waals surface area contributed by atoms with E-state index in [9.17, 15) is 9.36 Å². The number of carbonyl (C=O) groups excluding carboxylic acids is 1. The zero-order valence-electron chi connectivity index (χ0n) is 15.3. The van der Waals surface area contributed by atoms with Crippen LogP contribution in [0.5, 0.6) is 5.75 Å². The Kier molecular flexibility index (Phi) is 8.56. The van der Waals surface area contributed by atoms with Crippen molar-refractivity contribution < 1.29 is 18.6 Å². The highest BCUT2D eigenvalue weighted by molar-refractivity contribution is 8.56. The summed E-state index contributed by atoms with van der Waals surface area (Å²) in [6, 6.07) is 10.7. The van der Waals surface area contributed by atoms with Gasteiger partial charge in [0.25, 0.3) is 0 Å². The predicted molar refractivity (Wildman–Crippen MR) is 116 cm³/mol. The van der Waals surface area contributed by atoms with Gasteiger partial charge in [-0.15, -0.1) is 0 Å². The molecule has 1 unspecified atom stereocenters. The lowest BCUT2D eigenvalue weighted by Gasteiger charge is -2.23. The van der Waals surface area contributed by atoms with Gasteiger partial charge in [0.05, 0.1) is 21.2 Å². The van der Waals surface area contributed by atoms with Gasteiger partial charge in [-0.3, -0.25) is 4.79 Å². The third-order valence-corrected chi connectivity index (χ3v) is 8.15. The minimum atomic E-state index is -3.70. The molecule has 0 aliphatic rings. The van der Waals surface area contributed by atoms with Crippen molar-refractivity contribution in [1.29, 1.82) is 0 Å². The first-order chi connectivity index (χ1) is 13.1. The van der Waals surface area contributed by atoms with Gasteiger partial charge < -0.3 is 9.26 Å². The van der Waals surface area contributed by atoms with E-state index in [-0.39, 0.29) is 21.2 Å². The molecule has 152 valence electrons. The van der Waals surface area contributed by atoms with Crippen LogP contribution in [-0.2, 0) is 14.1 Å². The molecule has 0 heterocycles. The first-order valence-electron chi connectivity index (χ1n) is 8.27. The van der Waals surface area contributed by atoms with Crippen LogP contribution in [0.25, 0.3) is 0 Å². The Morgan fingerprint density at radius 2 is 1.64 bits per heavy atom. The van der Waals surface area contributed by atoms with E-state index >= 15 is 0 Å². The van der Waals surface area contributed by atoms with Crippen LogP contribution < -0.4 is 9.61 Å². The van der Waals surface area contributed by atoms with Gasteiger partial charge in [0.1, 0.15) is 11.8 Å². The first-order valence-corrected chi connectivity index (χ1v) is 12.4. The van der Waals surface area contributed by atoms with E-state index in [1.165, 1.54) is 12.1 Å². The number of halogens is 3. The van der Waals surface area contributed by atoms with Crippen molar-refractivity contribution in [2.45, 2.75) is 37.8 Å². The minimum Gasteiger partial charge on any atom is -0.462 e. The molecule has 0 radical (unpaired) electrons. The quantitative estimate of drug-likeness (QED) is 0.252. The number of rotatable bonds is 8. The fraction of sp³-hybridized carbons (Fsp3) is 0.278. The Morgan fingerprint density at radius 3 is 2.25 bits per heavy atom. The summed E-state index contributed by atoms with van der Waals surface area (Å²) in [7, 11) is 0. The van der Waals surface area contributed by atoms with Crippen molar-refractivity contribution in [2.24, 2.45) is 0 Å². The highest BCUT2D eigenvalue weighted by Gasteiger charge is 2.33. The lowest BCUT2D eigenvalue weighted by atomic mass is 10.3. The summed E-state index contributed by atoms with van der Waals surface area (Å²) in [4.78, 5) is 12.6. The van der Waals surface area contributed by atoms with Gasteiger partial charge in [-0.05, 0) is 56.4 Å². The van der Waals surface area contributed by atoms with Gasteiger partial charge in [0, 0.05) is 4.90 Å². The molecule has 5 nitrogen and oxygen atoms in total. The van der Waals surface area contributed by atoms with Crippen LogP contribution in [0, 0.1) is 0 Å². The number of benzene rings is 2. The van der Waals surface area contributed by atoms with Crippen LogP contribution in [0.4, 0.5) is 0 Å². The van der Waals surface area contributed by atoms with Crippen LogP contribution in [0.15, 0.2) is 47.4 Å². The molecule has 0 saturated carbocycles. The van der Waals surface area contributed by atoms with Crippen LogP contribution in [0.2, 0.25) is 15.1 Å². The predicted octanol–water partition coefficient (Wildman–Crippen LogP) is 6.86. The van der Waals surface area contributed by atoms with Crippen LogP contribution >= 0.6 is 52.9 Å². The lowest BCUT2D eigenvalue weighted by Crippen LogP contribution is -2.35. The summed E-state index contributed by atoms with van der Waals surface area (Å²) < 4.78 is 24.5. The topological polar surface area (TPSA) is 64.6 Å².